The van der Waals surface area contributed by atoms with Crippen LogP contribution in [0.1, 0.15) is 26.7 Å². The zero-order valence-corrected chi connectivity index (χ0v) is 8.43. The number of carbonyl (C=O) groups is 2. The van der Waals surface area contributed by atoms with E-state index in [0.29, 0.717) is 12.8 Å². The number of imide groups is 1. The lowest BCUT2D eigenvalue weighted by molar-refractivity contribution is -0.140. The molecule has 0 saturated carbocycles. The SMILES string of the molecule is CCC(CC(C)O)N1C(=O)C=CC1=O. The number of hydrogen-bond donors (Lipinski definition) is 1. The minimum Gasteiger partial charge on any atom is -0.393 e. The number of aliphatic hydroxyl groups is 1. The molecule has 0 spiro atoms. The van der Waals surface area contributed by atoms with Gasteiger partial charge in [-0.15, -0.1) is 0 Å². The average Bonchev–Trinajstić information content (AvgIpc) is 2.43. The van der Waals surface area contributed by atoms with Gasteiger partial charge in [-0.05, 0) is 19.8 Å². The van der Waals surface area contributed by atoms with Gasteiger partial charge in [-0.25, -0.2) is 0 Å². The monoisotopic (exact) mass is 197 g/mol. The zero-order valence-electron chi connectivity index (χ0n) is 8.43. The smallest absolute Gasteiger partial charge is 0.253 e. The topological polar surface area (TPSA) is 57.6 Å². The molecule has 1 heterocycles. The maximum atomic E-state index is 11.3. The van der Waals surface area contributed by atoms with Crippen LogP contribution in [-0.4, -0.2) is 34.0 Å². The van der Waals surface area contributed by atoms with E-state index in [4.69, 9.17) is 0 Å². The van der Waals surface area contributed by atoms with Crippen LogP contribution in [0, 0.1) is 0 Å². The average molecular weight is 197 g/mol. The van der Waals surface area contributed by atoms with Crippen molar-refractivity contribution < 1.29 is 14.7 Å². The fourth-order valence-corrected chi connectivity index (χ4v) is 1.62. The van der Waals surface area contributed by atoms with E-state index < -0.39 is 6.10 Å². The van der Waals surface area contributed by atoms with E-state index in [1.165, 1.54) is 17.1 Å². The van der Waals surface area contributed by atoms with Gasteiger partial charge in [0.1, 0.15) is 0 Å². The molecule has 0 aliphatic carbocycles. The summed E-state index contributed by atoms with van der Waals surface area (Å²) in [6.45, 7) is 3.55. The highest BCUT2D eigenvalue weighted by Crippen LogP contribution is 2.16. The first-order chi connectivity index (χ1) is 6.56. The summed E-state index contributed by atoms with van der Waals surface area (Å²) in [5.74, 6) is -0.551. The molecule has 0 aromatic heterocycles. The molecule has 0 fully saturated rings. The van der Waals surface area contributed by atoms with Crippen molar-refractivity contribution >= 4 is 11.8 Å². The molecule has 2 unspecified atom stereocenters. The van der Waals surface area contributed by atoms with Gasteiger partial charge in [0.15, 0.2) is 0 Å². The summed E-state index contributed by atoms with van der Waals surface area (Å²) in [7, 11) is 0. The summed E-state index contributed by atoms with van der Waals surface area (Å²) in [5.41, 5.74) is 0. The van der Waals surface area contributed by atoms with Gasteiger partial charge in [-0.1, -0.05) is 6.92 Å². The third kappa shape index (κ3) is 2.20. The van der Waals surface area contributed by atoms with Gasteiger partial charge >= 0.3 is 0 Å². The van der Waals surface area contributed by atoms with Crippen molar-refractivity contribution in [1.82, 2.24) is 4.90 Å². The summed E-state index contributed by atoms with van der Waals surface area (Å²) in [5, 5.41) is 9.22. The Bertz CT molecular complexity index is 253. The highest BCUT2D eigenvalue weighted by molar-refractivity contribution is 6.13. The number of aliphatic hydroxyl groups excluding tert-OH is 1. The summed E-state index contributed by atoms with van der Waals surface area (Å²) in [6, 6.07) is -0.190. The van der Waals surface area contributed by atoms with Crippen molar-refractivity contribution in [2.75, 3.05) is 0 Å². The normalized spacial score (nSPS) is 20.4. The van der Waals surface area contributed by atoms with Gasteiger partial charge in [0.2, 0.25) is 0 Å². The third-order valence-corrected chi connectivity index (χ3v) is 2.29. The minimum absolute atomic E-state index is 0.190. The first-order valence-corrected chi connectivity index (χ1v) is 4.79. The molecular weight excluding hydrogens is 182 g/mol. The molecule has 1 aliphatic heterocycles. The van der Waals surface area contributed by atoms with E-state index >= 15 is 0 Å². The molecule has 1 N–H and O–H groups in total. The summed E-state index contributed by atoms with van der Waals surface area (Å²) >= 11 is 0. The second-order valence-corrected chi connectivity index (χ2v) is 3.53. The maximum Gasteiger partial charge on any atom is 0.253 e. The molecule has 78 valence electrons. The molecule has 2 atom stereocenters. The predicted molar refractivity (Wildman–Crippen MR) is 51.4 cm³/mol. The Labute approximate surface area is 83.2 Å². The van der Waals surface area contributed by atoms with Gasteiger partial charge < -0.3 is 5.11 Å². The van der Waals surface area contributed by atoms with E-state index in [1.807, 2.05) is 6.92 Å². The standard InChI is InChI=1S/C10H15NO3/c1-3-8(6-7(2)12)11-9(13)4-5-10(11)14/h4-5,7-8,12H,3,6H2,1-2H3. The summed E-state index contributed by atoms with van der Waals surface area (Å²) in [6.07, 6.45) is 3.15. The van der Waals surface area contributed by atoms with Crippen LogP contribution in [0.4, 0.5) is 0 Å². The summed E-state index contributed by atoms with van der Waals surface area (Å²) < 4.78 is 0. The highest BCUT2D eigenvalue weighted by Gasteiger charge is 2.30. The van der Waals surface area contributed by atoms with Crippen molar-refractivity contribution in [3.05, 3.63) is 12.2 Å². The van der Waals surface area contributed by atoms with E-state index in [-0.39, 0.29) is 17.9 Å². The molecule has 4 nitrogen and oxygen atoms in total. The Morgan fingerprint density at radius 3 is 2.21 bits per heavy atom. The lowest BCUT2D eigenvalue weighted by Gasteiger charge is -2.25. The van der Waals surface area contributed by atoms with Crippen molar-refractivity contribution in [3.8, 4) is 0 Å². The van der Waals surface area contributed by atoms with Crippen LogP contribution in [-0.2, 0) is 9.59 Å². The van der Waals surface area contributed by atoms with Gasteiger partial charge in [0, 0.05) is 18.2 Å². The van der Waals surface area contributed by atoms with Crippen molar-refractivity contribution in [3.63, 3.8) is 0 Å². The fraction of sp³-hybridized carbons (Fsp3) is 0.600. The van der Waals surface area contributed by atoms with Crippen molar-refractivity contribution in [2.24, 2.45) is 0 Å². The Morgan fingerprint density at radius 2 is 1.86 bits per heavy atom. The number of carbonyl (C=O) groups excluding carboxylic acids is 2. The predicted octanol–water partition coefficient (Wildman–Crippen LogP) is 0.461. The van der Waals surface area contributed by atoms with Gasteiger partial charge in [-0.3, -0.25) is 14.5 Å². The van der Waals surface area contributed by atoms with Crippen LogP contribution in [0.25, 0.3) is 0 Å². The molecule has 0 bridgehead atoms. The molecule has 2 amide bonds. The third-order valence-electron chi connectivity index (χ3n) is 2.29. The second-order valence-electron chi connectivity index (χ2n) is 3.53. The highest BCUT2D eigenvalue weighted by atomic mass is 16.3. The first-order valence-electron chi connectivity index (χ1n) is 4.79. The van der Waals surface area contributed by atoms with Crippen LogP contribution in [0.15, 0.2) is 12.2 Å². The molecule has 1 rings (SSSR count). The first kappa shape index (κ1) is 10.9. The minimum atomic E-state index is -0.499. The van der Waals surface area contributed by atoms with Crippen molar-refractivity contribution in [1.29, 1.82) is 0 Å². The molecule has 0 aromatic rings. The maximum absolute atomic E-state index is 11.3. The summed E-state index contributed by atoms with van der Waals surface area (Å²) in [4.78, 5) is 23.8. The molecule has 4 heteroatoms. The van der Waals surface area contributed by atoms with Gasteiger partial charge in [-0.2, -0.15) is 0 Å². The van der Waals surface area contributed by atoms with Crippen LogP contribution in [0.5, 0.6) is 0 Å². The number of hydrogen-bond acceptors (Lipinski definition) is 3. The Balaban J connectivity index is 2.69. The van der Waals surface area contributed by atoms with Crippen LogP contribution >= 0.6 is 0 Å². The quantitative estimate of drug-likeness (QED) is 0.666. The molecule has 14 heavy (non-hydrogen) atoms. The molecule has 0 saturated heterocycles. The van der Waals surface area contributed by atoms with E-state index in [9.17, 15) is 14.7 Å². The second kappa shape index (κ2) is 4.37. The van der Waals surface area contributed by atoms with Gasteiger partial charge in [0.25, 0.3) is 11.8 Å². The van der Waals surface area contributed by atoms with Crippen molar-refractivity contribution in [2.45, 2.75) is 38.8 Å². The molecule has 0 aromatic carbocycles. The van der Waals surface area contributed by atoms with Crippen LogP contribution < -0.4 is 0 Å². The Kier molecular flexibility index (Phi) is 3.41. The Hall–Kier alpha value is -1.16. The molecule has 1 aliphatic rings. The zero-order chi connectivity index (χ0) is 10.7. The van der Waals surface area contributed by atoms with Crippen LogP contribution in [0.3, 0.4) is 0 Å². The number of nitrogens with zero attached hydrogens (tertiary/aromatic N) is 1. The largest absolute Gasteiger partial charge is 0.393 e. The van der Waals surface area contributed by atoms with Crippen LogP contribution in [0.2, 0.25) is 0 Å². The Morgan fingerprint density at radius 1 is 1.36 bits per heavy atom. The molecule has 0 radical (unpaired) electrons. The number of amides is 2. The van der Waals surface area contributed by atoms with E-state index in [1.54, 1.807) is 6.92 Å². The number of rotatable bonds is 4. The van der Waals surface area contributed by atoms with E-state index in [0.717, 1.165) is 0 Å². The van der Waals surface area contributed by atoms with Gasteiger partial charge in [0.05, 0.1) is 6.10 Å². The van der Waals surface area contributed by atoms with E-state index in [2.05, 4.69) is 0 Å². The lowest BCUT2D eigenvalue weighted by atomic mass is 10.1. The molecular formula is C10H15NO3. The lowest BCUT2D eigenvalue weighted by Crippen LogP contribution is -2.41. The fourth-order valence-electron chi connectivity index (χ4n) is 1.62.